The average molecular weight is 749 g/mol. The number of quaternary nitrogens is 1. The summed E-state index contributed by atoms with van der Waals surface area (Å²) in [6.45, 7) is 6.77. The molecule has 0 radical (unpaired) electrons. The second-order valence-electron chi connectivity index (χ2n) is 16.2. The van der Waals surface area contributed by atoms with Crippen molar-refractivity contribution in [1.82, 2.24) is 0 Å². The summed E-state index contributed by atoms with van der Waals surface area (Å²) in [6.07, 6.45) is 30.0. The lowest BCUT2D eigenvalue weighted by Gasteiger charge is -2.24. The first-order valence-corrected chi connectivity index (χ1v) is 22.6. The summed E-state index contributed by atoms with van der Waals surface area (Å²) in [7, 11) is 1.49. The molecule has 0 aromatic rings. The second-order valence-corrected chi connectivity index (χ2v) is 17.7. The smallest absolute Gasteiger partial charge is 0.462 e. The molecule has 1 N–H and O–H groups in total. The van der Waals surface area contributed by atoms with Gasteiger partial charge in [0.25, 0.3) is 0 Å². The Labute approximate surface area is 314 Å². The van der Waals surface area contributed by atoms with Gasteiger partial charge in [0.15, 0.2) is 6.10 Å². The van der Waals surface area contributed by atoms with Crippen LogP contribution in [-0.2, 0) is 32.7 Å². The molecule has 0 aromatic carbocycles. The molecule has 0 rings (SSSR count). The number of hydrogen-bond donors (Lipinski definition) is 1. The largest absolute Gasteiger partial charge is 0.472 e. The third-order valence-corrected chi connectivity index (χ3v) is 10.3. The summed E-state index contributed by atoms with van der Waals surface area (Å²) in [6, 6.07) is 0. The van der Waals surface area contributed by atoms with Crippen LogP contribution in [0.25, 0.3) is 0 Å². The maximum absolute atomic E-state index is 12.6. The van der Waals surface area contributed by atoms with Gasteiger partial charge in [0.05, 0.1) is 27.7 Å². The van der Waals surface area contributed by atoms with Crippen molar-refractivity contribution >= 4 is 19.8 Å². The summed E-state index contributed by atoms with van der Waals surface area (Å²) >= 11 is 0. The highest BCUT2D eigenvalue weighted by Gasteiger charge is 2.27. The summed E-state index contributed by atoms with van der Waals surface area (Å²) in [4.78, 5) is 35.3. The Kier molecular flexibility index (Phi) is 32.9. The molecule has 0 aliphatic rings. The highest BCUT2D eigenvalue weighted by molar-refractivity contribution is 7.47. The van der Waals surface area contributed by atoms with E-state index in [0.717, 1.165) is 38.0 Å². The molecular formula is C41H83NO8P+. The fraction of sp³-hybridized carbons (Fsp3) is 0.951. The van der Waals surface area contributed by atoms with E-state index in [4.69, 9.17) is 18.5 Å². The van der Waals surface area contributed by atoms with Crippen LogP contribution < -0.4 is 0 Å². The maximum Gasteiger partial charge on any atom is 0.472 e. The van der Waals surface area contributed by atoms with Crippen molar-refractivity contribution in [1.29, 1.82) is 0 Å². The van der Waals surface area contributed by atoms with E-state index < -0.39 is 26.5 Å². The van der Waals surface area contributed by atoms with Crippen molar-refractivity contribution in [3.63, 3.8) is 0 Å². The number of phosphoric ester groups is 1. The Morgan fingerprint density at radius 2 is 1.00 bits per heavy atom. The second kappa shape index (κ2) is 33.6. The molecule has 0 aliphatic carbocycles. The van der Waals surface area contributed by atoms with E-state index in [1.165, 1.54) is 122 Å². The molecule has 0 saturated heterocycles. The zero-order valence-corrected chi connectivity index (χ0v) is 35.2. The molecule has 9 nitrogen and oxygen atoms in total. The van der Waals surface area contributed by atoms with Gasteiger partial charge in [-0.25, -0.2) is 4.57 Å². The normalized spacial score (nSPS) is 13.7. The summed E-state index contributed by atoms with van der Waals surface area (Å²) in [5, 5.41) is 0. The van der Waals surface area contributed by atoms with E-state index >= 15 is 0 Å². The minimum Gasteiger partial charge on any atom is -0.462 e. The third-order valence-electron chi connectivity index (χ3n) is 9.32. The van der Waals surface area contributed by atoms with Crippen LogP contribution in [-0.4, -0.2) is 74.9 Å². The Balaban J connectivity index is 4.35. The Morgan fingerprint density at radius 3 is 1.43 bits per heavy atom. The van der Waals surface area contributed by atoms with Crippen LogP contribution in [0.3, 0.4) is 0 Å². The minimum atomic E-state index is -4.36. The van der Waals surface area contributed by atoms with Crippen LogP contribution in [0, 0.1) is 5.92 Å². The van der Waals surface area contributed by atoms with Crippen LogP contribution in [0.1, 0.15) is 194 Å². The number of rotatable bonds is 38. The molecule has 10 heteroatoms. The molecule has 51 heavy (non-hydrogen) atoms. The molecule has 1 unspecified atom stereocenters. The van der Waals surface area contributed by atoms with Crippen LogP contribution in [0.15, 0.2) is 0 Å². The van der Waals surface area contributed by atoms with Gasteiger partial charge in [-0.2, -0.15) is 0 Å². The average Bonchev–Trinajstić information content (AvgIpc) is 3.05. The lowest BCUT2D eigenvalue weighted by Crippen LogP contribution is -2.37. The van der Waals surface area contributed by atoms with Gasteiger partial charge in [-0.3, -0.25) is 18.6 Å². The van der Waals surface area contributed by atoms with Crippen LogP contribution >= 0.6 is 7.82 Å². The number of esters is 2. The van der Waals surface area contributed by atoms with Crippen molar-refractivity contribution < 1.29 is 42.1 Å². The molecule has 0 aliphatic heterocycles. The lowest BCUT2D eigenvalue weighted by atomic mass is 10.0. The van der Waals surface area contributed by atoms with Crippen LogP contribution in [0.2, 0.25) is 0 Å². The molecule has 0 heterocycles. The number of ether oxygens (including phenoxy) is 2. The van der Waals surface area contributed by atoms with E-state index in [9.17, 15) is 19.0 Å². The van der Waals surface area contributed by atoms with Crippen LogP contribution in [0.5, 0.6) is 0 Å². The topological polar surface area (TPSA) is 108 Å². The van der Waals surface area contributed by atoms with Gasteiger partial charge >= 0.3 is 19.8 Å². The predicted molar refractivity (Wildman–Crippen MR) is 211 cm³/mol. The summed E-state index contributed by atoms with van der Waals surface area (Å²) in [5.41, 5.74) is 0. The Morgan fingerprint density at radius 1 is 0.588 bits per heavy atom. The number of hydrogen-bond acceptors (Lipinski definition) is 7. The molecule has 0 amide bonds. The van der Waals surface area contributed by atoms with Gasteiger partial charge in [-0.1, -0.05) is 168 Å². The Bertz CT molecular complexity index is 863. The quantitative estimate of drug-likeness (QED) is 0.0288. The fourth-order valence-electron chi connectivity index (χ4n) is 5.96. The van der Waals surface area contributed by atoms with Crippen molar-refractivity contribution in [3.05, 3.63) is 0 Å². The number of phosphoric acid groups is 1. The number of nitrogens with zero attached hydrogens (tertiary/aromatic N) is 1. The third kappa shape index (κ3) is 38.5. The molecule has 2 atom stereocenters. The molecule has 0 bridgehead atoms. The molecular weight excluding hydrogens is 665 g/mol. The highest BCUT2D eigenvalue weighted by Crippen LogP contribution is 2.43. The van der Waals surface area contributed by atoms with E-state index in [0.29, 0.717) is 23.9 Å². The number of likely N-dealkylation sites (N-methyl/N-ethyl adjacent to an activating group) is 1. The van der Waals surface area contributed by atoms with Gasteiger partial charge in [-0.15, -0.1) is 0 Å². The zero-order chi connectivity index (χ0) is 38.1. The van der Waals surface area contributed by atoms with E-state index in [1.807, 2.05) is 21.1 Å². The summed E-state index contributed by atoms with van der Waals surface area (Å²) in [5.74, 6) is 0.0255. The van der Waals surface area contributed by atoms with Gasteiger partial charge in [0.2, 0.25) is 0 Å². The molecule has 304 valence electrons. The van der Waals surface area contributed by atoms with Crippen molar-refractivity contribution in [2.24, 2.45) is 5.92 Å². The standard InChI is InChI=1S/C41H82NO8P/c1-7-8-9-10-11-12-13-14-17-21-24-27-30-33-41(44)50-39(37-49-51(45,46)48-35-34-42(4,5)6)36-47-40(43)32-29-26-23-20-18-15-16-19-22-25-28-31-38(2)3/h38-39H,7-37H2,1-6H3/p+1/t39-/m1/s1. The molecule has 0 spiro atoms. The highest BCUT2D eigenvalue weighted by atomic mass is 31.2. The Hall–Kier alpha value is -0.990. The van der Waals surface area contributed by atoms with Gasteiger partial charge in [0.1, 0.15) is 19.8 Å². The fourth-order valence-corrected chi connectivity index (χ4v) is 6.71. The van der Waals surface area contributed by atoms with E-state index in [-0.39, 0.29) is 25.6 Å². The van der Waals surface area contributed by atoms with E-state index in [2.05, 4.69) is 20.8 Å². The summed E-state index contributed by atoms with van der Waals surface area (Å²) < 4.78 is 34.3. The molecule has 0 saturated carbocycles. The first kappa shape index (κ1) is 50.0. The van der Waals surface area contributed by atoms with Gasteiger partial charge in [0, 0.05) is 12.8 Å². The van der Waals surface area contributed by atoms with Gasteiger partial charge in [-0.05, 0) is 18.8 Å². The monoisotopic (exact) mass is 749 g/mol. The van der Waals surface area contributed by atoms with Crippen molar-refractivity contribution in [2.45, 2.75) is 200 Å². The van der Waals surface area contributed by atoms with Crippen molar-refractivity contribution in [2.75, 3.05) is 47.5 Å². The number of carbonyl (C=O) groups excluding carboxylic acids is 2. The zero-order valence-electron chi connectivity index (χ0n) is 34.3. The molecule has 0 fully saturated rings. The number of carbonyl (C=O) groups is 2. The van der Waals surface area contributed by atoms with Crippen molar-refractivity contribution in [3.8, 4) is 0 Å². The molecule has 0 aromatic heterocycles. The van der Waals surface area contributed by atoms with Crippen LogP contribution in [0.4, 0.5) is 0 Å². The lowest BCUT2D eigenvalue weighted by molar-refractivity contribution is -0.870. The first-order valence-electron chi connectivity index (χ1n) is 21.1. The van der Waals surface area contributed by atoms with E-state index in [1.54, 1.807) is 0 Å². The first-order chi connectivity index (χ1) is 24.3. The minimum absolute atomic E-state index is 0.0360. The number of unbranched alkanes of at least 4 members (excludes halogenated alkanes) is 22. The SMILES string of the molecule is CCCCCCCCCCCCCCCC(=O)O[C@H](COC(=O)CCCCCCCCCCCCCC(C)C)COP(=O)(O)OCC[N+](C)(C)C. The maximum atomic E-state index is 12.6. The van der Waals surface area contributed by atoms with Gasteiger partial charge < -0.3 is 18.9 Å². The predicted octanol–water partition coefficient (Wildman–Crippen LogP) is 11.5.